The van der Waals surface area contributed by atoms with Gasteiger partial charge in [0.15, 0.2) is 5.78 Å². The van der Waals surface area contributed by atoms with Crippen molar-refractivity contribution < 1.29 is 4.79 Å². The number of nitrogens with zero attached hydrogens (tertiary/aromatic N) is 2. The van der Waals surface area contributed by atoms with Gasteiger partial charge in [-0.1, -0.05) is 30.3 Å². The fourth-order valence-corrected chi connectivity index (χ4v) is 1.99. The van der Waals surface area contributed by atoms with Gasteiger partial charge in [-0.2, -0.15) is 5.26 Å². The Morgan fingerprint density at radius 3 is 2.81 bits per heavy atom. The Morgan fingerprint density at radius 2 is 2.12 bits per heavy atom. The summed E-state index contributed by atoms with van der Waals surface area (Å²) < 4.78 is 0. The molecule has 0 aliphatic carbocycles. The van der Waals surface area contributed by atoms with E-state index in [1.165, 1.54) is 5.56 Å². The normalized spacial score (nSPS) is 21.7. The van der Waals surface area contributed by atoms with Crippen molar-refractivity contribution in [2.45, 2.75) is 13.0 Å². The van der Waals surface area contributed by atoms with Crippen LogP contribution in [0.1, 0.15) is 12.0 Å². The van der Waals surface area contributed by atoms with Gasteiger partial charge in [0, 0.05) is 26.1 Å². The Hall–Kier alpha value is -1.66. The highest BCUT2D eigenvalue weighted by molar-refractivity contribution is 5.84. The van der Waals surface area contributed by atoms with Gasteiger partial charge < -0.3 is 0 Å². The summed E-state index contributed by atoms with van der Waals surface area (Å²) in [7, 11) is 0. The van der Waals surface area contributed by atoms with E-state index in [4.69, 9.17) is 5.26 Å². The molecule has 0 amide bonds. The molecule has 0 saturated carbocycles. The van der Waals surface area contributed by atoms with E-state index < -0.39 is 5.92 Å². The van der Waals surface area contributed by atoms with Crippen LogP contribution in [0.5, 0.6) is 0 Å². The number of hydrogen-bond donors (Lipinski definition) is 0. The number of benzene rings is 1. The van der Waals surface area contributed by atoms with Crippen LogP contribution in [-0.2, 0) is 11.3 Å². The summed E-state index contributed by atoms with van der Waals surface area (Å²) in [5.74, 6) is -0.343. The van der Waals surface area contributed by atoms with Gasteiger partial charge in [-0.05, 0) is 5.56 Å². The summed E-state index contributed by atoms with van der Waals surface area (Å²) in [5, 5.41) is 8.85. The lowest BCUT2D eigenvalue weighted by Gasteiger charge is -2.28. The first-order chi connectivity index (χ1) is 7.79. The highest BCUT2D eigenvalue weighted by atomic mass is 16.1. The van der Waals surface area contributed by atoms with Crippen molar-refractivity contribution in [1.82, 2.24) is 4.90 Å². The fraction of sp³-hybridized carbons (Fsp3) is 0.385. The molecule has 82 valence electrons. The molecule has 0 bridgehead atoms. The van der Waals surface area contributed by atoms with Gasteiger partial charge in [-0.15, -0.1) is 0 Å². The summed E-state index contributed by atoms with van der Waals surface area (Å²) >= 11 is 0. The number of likely N-dealkylation sites (tertiary alicyclic amines) is 1. The minimum Gasteiger partial charge on any atom is -0.298 e. The van der Waals surface area contributed by atoms with E-state index in [1.807, 2.05) is 18.2 Å². The van der Waals surface area contributed by atoms with Crippen LogP contribution in [0.3, 0.4) is 0 Å². The molecule has 1 aromatic carbocycles. The van der Waals surface area contributed by atoms with E-state index in [-0.39, 0.29) is 5.78 Å². The molecular weight excluding hydrogens is 200 g/mol. The minimum absolute atomic E-state index is 0.0896. The van der Waals surface area contributed by atoms with Crippen molar-refractivity contribution in [2.24, 2.45) is 5.92 Å². The van der Waals surface area contributed by atoms with Gasteiger partial charge in [0.25, 0.3) is 0 Å². The third-order valence-electron chi connectivity index (χ3n) is 2.91. The number of carbonyl (C=O) groups is 1. The van der Waals surface area contributed by atoms with Crippen molar-refractivity contribution in [3.8, 4) is 6.07 Å². The van der Waals surface area contributed by atoms with E-state index in [9.17, 15) is 4.79 Å². The molecule has 0 N–H and O–H groups in total. The van der Waals surface area contributed by atoms with Crippen LogP contribution in [-0.4, -0.2) is 23.8 Å². The third kappa shape index (κ3) is 2.47. The lowest BCUT2D eigenvalue weighted by molar-refractivity contribution is -0.124. The number of Topliss-reactive ketones (excluding diaryl/α,β-unsaturated/α-hetero) is 1. The zero-order valence-electron chi connectivity index (χ0n) is 9.10. The molecule has 1 heterocycles. The van der Waals surface area contributed by atoms with Crippen LogP contribution < -0.4 is 0 Å². The second-order valence-electron chi connectivity index (χ2n) is 4.12. The highest BCUT2D eigenvalue weighted by Gasteiger charge is 2.26. The van der Waals surface area contributed by atoms with Crippen LogP contribution in [0.15, 0.2) is 30.3 Å². The summed E-state index contributed by atoms with van der Waals surface area (Å²) in [6.45, 7) is 2.17. The van der Waals surface area contributed by atoms with Crippen molar-refractivity contribution in [3.05, 3.63) is 35.9 Å². The predicted octanol–water partition coefficient (Wildman–Crippen LogP) is 1.60. The lowest BCUT2D eigenvalue weighted by atomic mass is 9.97. The Kier molecular flexibility index (Phi) is 3.33. The molecule has 0 aromatic heterocycles. The van der Waals surface area contributed by atoms with Crippen molar-refractivity contribution in [2.75, 3.05) is 13.1 Å². The quantitative estimate of drug-likeness (QED) is 0.751. The fourth-order valence-electron chi connectivity index (χ4n) is 1.99. The molecule has 3 nitrogen and oxygen atoms in total. The lowest BCUT2D eigenvalue weighted by Crippen LogP contribution is -2.39. The maximum atomic E-state index is 11.4. The second kappa shape index (κ2) is 4.91. The Labute approximate surface area is 95.3 Å². The number of hydrogen-bond acceptors (Lipinski definition) is 3. The first kappa shape index (κ1) is 10.8. The molecule has 1 atom stereocenters. The van der Waals surface area contributed by atoms with Gasteiger partial charge in [-0.3, -0.25) is 9.69 Å². The van der Waals surface area contributed by atoms with E-state index in [0.717, 1.165) is 13.1 Å². The number of nitriles is 1. The average molecular weight is 214 g/mol. The molecule has 3 heteroatoms. The highest BCUT2D eigenvalue weighted by Crippen LogP contribution is 2.15. The number of rotatable bonds is 2. The number of ketones is 1. The summed E-state index contributed by atoms with van der Waals surface area (Å²) in [5.41, 5.74) is 1.23. The zero-order valence-corrected chi connectivity index (χ0v) is 9.10. The van der Waals surface area contributed by atoms with E-state index >= 15 is 0 Å². The molecule has 1 aromatic rings. The summed E-state index contributed by atoms with van der Waals surface area (Å²) in [6, 6.07) is 12.2. The SMILES string of the molecule is N#C[C@H]1CN(Cc2ccccc2)CCC1=O. The monoisotopic (exact) mass is 214 g/mol. The molecular formula is C13H14N2O. The molecule has 1 aliphatic heterocycles. The first-order valence-electron chi connectivity index (χ1n) is 5.48. The summed E-state index contributed by atoms with van der Waals surface area (Å²) in [6.07, 6.45) is 0.505. The topological polar surface area (TPSA) is 44.1 Å². The molecule has 0 spiro atoms. The van der Waals surface area contributed by atoms with Crippen molar-refractivity contribution in [3.63, 3.8) is 0 Å². The average Bonchev–Trinajstić information content (AvgIpc) is 2.33. The molecule has 2 rings (SSSR count). The third-order valence-corrected chi connectivity index (χ3v) is 2.91. The second-order valence-corrected chi connectivity index (χ2v) is 4.12. The maximum Gasteiger partial charge on any atom is 0.152 e. The minimum atomic E-state index is -0.433. The standard InChI is InChI=1S/C13H14N2O/c14-8-12-10-15(7-6-13(12)16)9-11-4-2-1-3-5-11/h1-5,12H,6-7,9-10H2/t12-/m0/s1. The predicted molar refractivity (Wildman–Crippen MR) is 60.4 cm³/mol. The maximum absolute atomic E-state index is 11.4. The van der Waals surface area contributed by atoms with Gasteiger partial charge in [0.2, 0.25) is 0 Å². The van der Waals surface area contributed by atoms with E-state index in [0.29, 0.717) is 13.0 Å². The van der Waals surface area contributed by atoms with Gasteiger partial charge in [-0.25, -0.2) is 0 Å². The molecule has 1 fully saturated rings. The van der Waals surface area contributed by atoms with Crippen LogP contribution in [0.2, 0.25) is 0 Å². The smallest absolute Gasteiger partial charge is 0.152 e. The molecule has 0 unspecified atom stereocenters. The van der Waals surface area contributed by atoms with Crippen LogP contribution in [0.25, 0.3) is 0 Å². The van der Waals surface area contributed by atoms with Crippen molar-refractivity contribution >= 4 is 5.78 Å². The molecule has 1 aliphatic rings. The van der Waals surface area contributed by atoms with Crippen molar-refractivity contribution in [1.29, 1.82) is 5.26 Å². The van der Waals surface area contributed by atoms with Crippen LogP contribution >= 0.6 is 0 Å². The van der Waals surface area contributed by atoms with Gasteiger partial charge in [0.05, 0.1) is 6.07 Å². The van der Waals surface area contributed by atoms with Crippen LogP contribution in [0, 0.1) is 17.2 Å². The zero-order chi connectivity index (χ0) is 11.4. The number of carbonyl (C=O) groups excluding carboxylic acids is 1. The Balaban J connectivity index is 1.97. The largest absolute Gasteiger partial charge is 0.298 e. The van der Waals surface area contributed by atoms with E-state index in [1.54, 1.807) is 0 Å². The van der Waals surface area contributed by atoms with E-state index in [2.05, 4.69) is 23.1 Å². The van der Waals surface area contributed by atoms with Gasteiger partial charge >= 0.3 is 0 Å². The summed E-state index contributed by atoms with van der Waals surface area (Å²) in [4.78, 5) is 13.5. The Morgan fingerprint density at radius 1 is 1.38 bits per heavy atom. The first-order valence-corrected chi connectivity index (χ1v) is 5.48. The molecule has 16 heavy (non-hydrogen) atoms. The molecule has 1 saturated heterocycles. The van der Waals surface area contributed by atoms with Gasteiger partial charge in [0.1, 0.15) is 5.92 Å². The van der Waals surface area contributed by atoms with Crippen LogP contribution in [0.4, 0.5) is 0 Å². The molecule has 0 radical (unpaired) electrons. The number of piperidine rings is 1. The Bertz CT molecular complexity index is 408.